The van der Waals surface area contributed by atoms with Gasteiger partial charge in [-0.05, 0) is 43.3 Å². The predicted octanol–water partition coefficient (Wildman–Crippen LogP) is 3.16. The number of carbonyl (C=O) groups excluding carboxylic acids is 2. The molecule has 0 radical (unpaired) electrons. The van der Waals surface area contributed by atoms with Gasteiger partial charge < -0.3 is 20.6 Å². The molecule has 0 bridgehead atoms. The Labute approximate surface area is 187 Å². The Bertz CT molecular complexity index is 1060. The molecule has 1 amide bonds. The van der Waals surface area contributed by atoms with Crippen LogP contribution in [0.5, 0.6) is 5.75 Å². The van der Waals surface area contributed by atoms with Crippen molar-refractivity contribution in [1.29, 1.82) is 0 Å². The highest BCUT2D eigenvalue weighted by molar-refractivity contribution is 7.99. The van der Waals surface area contributed by atoms with Gasteiger partial charge >= 0.3 is 5.97 Å². The van der Waals surface area contributed by atoms with E-state index in [1.165, 1.54) is 16.0 Å². The lowest BCUT2D eigenvalue weighted by Crippen LogP contribution is -2.18. The summed E-state index contributed by atoms with van der Waals surface area (Å²) in [5, 5.41) is 13.3. The van der Waals surface area contributed by atoms with E-state index < -0.39 is 5.97 Å². The summed E-state index contributed by atoms with van der Waals surface area (Å²) in [6.07, 6.45) is 0. The first-order valence-electron chi connectivity index (χ1n) is 9.46. The minimum Gasteiger partial charge on any atom is -0.485 e. The first-order chi connectivity index (χ1) is 14.9. The molecule has 2 heterocycles. The van der Waals surface area contributed by atoms with Crippen LogP contribution in [0.2, 0.25) is 0 Å². The maximum atomic E-state index is 12.3. The molecule has 0 saturated carbocycles. The van der Waals surface area contributed by atoms with Gasteiger partial charge in [-0.2, -0.15) is 0 Å². The zero-order valence-electron chi connectivity index (χ0n) is 17.4. The Balaban J connectivity index is 1.56. The van der Waals surface area contributed by atoms with Crippen molar-refractivity contribution in [3.8, 4) is 5.75 Å². The average Bonchev–Trinajstić information content (AvgIpc) is 3.33. The van der Waals surface area contributed by atoms with Crippen molar-refractivity contribution in [1.82, 2.24) is 14.9 Å². The van der Waals surface area contributed by atoms with E-state index in [0.29, 0.717) is 21.5 Å². The molecule has 3 aromatic rings. The number of hydrogen-bond acceptors (Lipinski definition) is 9. The molecule has 11 heteroatoms. The number of esters is 1. The molecule has 9 nitrogen and oxygen atoms in total. The van der Waals surface area contributed by atoms with Gasteiger partial charge in [0.15, 0.2) is 5.82 Å². The molecule has 2 aromatic heterocycles. The summed E-state index contributed by atoms with van der Waals surface area (Å²) in [5.74, 6) is 6.57. The van der Waals surface area contributed by atoms with Gasteiger partial charge in [-0.15, -0.1) is 21.5 Å². The molecule has 3 N–H and O–H groups in total. The monoisotopic (exact) mass is 461 g/mol. The minimum atomic E-state index is -0.470. The molecule has 3 rings (SSSR count). The highest BCUT2D eigenvalue weighted by atomic mass is 32.2. The van der Waals surface area contributed by atoms with Crippen LogP contribution in [0.15, 0.2) is 34.8 Å². The lowest BCUT2D eigenvalue weighted by molar-refractivity contribution is -0.113. The molecule has 0 spiro atoms. The first-order valence-corrected chi connectivity index (χ1v) is 11.3. The van der Waals surface area contributed by atoms with Crippen molar-refractivity contribution in [2.24, 2.45) is 0 Å². The van der Waals surface area contributed by atoms with Crippen LogP contribution in [0, 0.1) is 13.8 Å². The summed E-state index contributed by atoms with van der Waals surface area (Å²) in [5.41, 5.74) is 2.37. The number of rotatable bonds is 9. The zero-order chi connectivity index (χ0) is 22.4. The molecule has 0 aliphatic carbocycles. The summed E-state index contributed by atoms with van der Waals surface area (Å²) >= 11 is 2.39. The van der Waals surface area contributed by atoms with Crippen LogP contribution >= 0.6 is 23.1 Å². The number of nitrogens with one attached hydrogen (secondary N) is 1. The molecule has 31 heavy (non-hydrogen) atoms. The third kappa shape index (κ3) is 5.56. The Morgan fingerprint density at radius 2 is 1.97 bits per heavy atom. The van der Waals surface area contributed by atoms with Gasteiger partial charge in [0.25, 0.3) is 0 Å². The van der Waals surface area contributed by atoms with Crippen molar-refractivity contribution >= 4 is 40.0 Å². The first kappa shape index (κ1) is 22.6. The number of thiophene rings is 1. The van der Waals surface area contributed by atoms with Crippen LogP contribution in [0.4, 0.5) is 5.00 Å². The van der Waals surface area contributed by atoms with Gasteiger partial charge in [0, 0.05) is 0 Å². The zero-order valence-corrected chi connectivity index (χ0v) is 19.0. The molecule has 164 valence electrons. The molecule has 0 aliphatic rings. The second-order valence-electron chi connectivity index (χ2n) is 6.50. The number of anilines is 1. The summed E-state index contributed by atoms with van der Waals surface area (Å²) in [6.45, 7) is 6.08. The number of hydrogen-bond donors (Lipinski definition) is 2. The minimum absolute atomic E-state index is 0.0489. The molecular formula is C20H23N5O4S2. The normalized spacial score (nSPS) is 10.7. The standard InChI is InChI=1S/C20H23N5O4S2/c1-4-28-19(27)14-8-9-30-18(14)22-16(26)11-31-20-24-23-15(25(20)21)10-29-17-12(2)6-5-7-13(17)3/h5-9H,4,10-11,21H2,1-3H3,(H,22,26). The molecule has 1 aromatic carbocycles. The molecule has 0 unspecified atom stereocenters. The number of aromatic nitrogens is 3. The maximum Gasteiger partial charge on any atom is 0.341 e. The summed E-state index contributed by atoms with van der Waals surface area (Å²) in [7, 11) is 0. The van der Waals surface area contributed by atoms with E-state index in [1.807, 2.05) is 32.0 Å². The topological polar surface area (TPSA) is 121 Å². The van der Waals surface area contributed by atoms with Gasteiger partial charge in [0.05, 0.1) is 17.9 Å². The van der Waals surface area contributed by atoms with Crippen LogP contribution in [0.3, 0.4) is 0 Å². The van der Waals surface area contributed by atoms with Gasteiger partial charge in [-0.3, -0.25) is 4.79 Å². The third-order valence-electron chi connectivity index (χ3n) is 4.24. The fourth-order valence-corrected chi connectivity index (χ4v) is 4.20. The number of thioether (sulfide) groups is 1. The quantitative estimate of drug-likeness (QED) is 0.283. The van der Waals surface area contributed by atoms with E-state index in [2.05, 4.69) is 15.5 Å². The molecule has 0 aliphatic heterocycles. The van der Waals surface area contributed by atoms with Crippen molar-refractivity contribution in [2.75, 3.05) is 23.5 Å². The van der Waals surface area contributed by atoms with Gasteiger partial charge in [-0.25, -0.2) is 9.47 Å². The number of amides is 1. The third-order valence-corrected chi connectivity index (χ3v) is 6.01. The Kier molecular flexibility index (Phi) is 7.53. The maximum absolute atomic E-state index is 12.3. The highest BCUT2D eigenvalue weighted by Gasteiger charge is 2.18. The number of carbonyl (C=O) groups is 2. The number of para-hydroxylation sites is 1. The van der Waals surface area contributed by atoms with Crippen LogP contribution in [-0.2, 0) is 16.1 Å². The molecule has 0 saturated heterocycles. The van der Waals surface area contributed by atoms with Gasteiger partial charge in [0.1, 0.15) is 17.4 Å². The van der Waals surface area contributed by atoms with Crippen LogP contribution in [0.25, 0.3) is 0 Å². The van der Waals surface area contributed by atoms with E-state index in [1.54, 1.807) is 18.4 Å². The van der Waals surface area contributed by atoms with Crippen molar-refractivity contribution in [2.45, 2.75) is 32.5 Å². The predicted molar refractivity (Wildman–Crippen MR) is 120 cm³/mol. The van der Waals surface area contributed by atoms with Crippen LogP contribution < -0.4 is 15.9 Å². The van der Waals surface area contributed by atoms with Gasteiger partial charge in [0.2, 0.25) is 11.1 Å². The largest absolute Gasteiger partial charge is 0.485 e. The van der Waals surface area contributed by atoms with Gasteiger partial charge in [-0.1, -0.05) is 30.0 Å². The lowest BCUT2D eigenvalue weighted by Gasteiger charge is -2.11. The van der Waals surface area contributed by atoms with Crippen molar-refractivity contribution in [3.63, 3.8) is 0 Å². The second-order valence-corrected chi connectivity index (χ2v) is 8.36. The number of ether oxygens (including phenoxy) is 2. The highest BCUT2D eigenvalue weighted by Crippen LogP contribution is 2.26. The van der Waals surface area contributed by atoms with Crippen LogP contribution in [0.1, 0.15) is 34.2 Å². The number of aryl methyl sites for hydroxylation is 2. The van der Waals surface area contributed by atoms with E-state index in [4.69, 9.17) is 15.3 Å². The van der Waals surface area contributed by atoms with Crippen LogP contribution in [-0.4, -0.2) is 39.1 Å². The average molecular weight is 462 g/mol. The lowest BCUT2D eigenvalue weighted by atomic mass is 10.1. The molecular weight excluding hydrogens is 438 g/mol. The summed E-state index contributed by atoms with van der Waals surface area (Å²) in [6, 6.07) is 7.52. The van der Waals surface area contributed by atoms with E-state index >= 15 is 0 Å². The number of nitrogens with two attached hydrogens (primary N) is 1. The summed E-state index contributed by atoms with van der Waals surface area (Å²) in [4.78, 5) is 24.2. The fourth-order valence-electron chi connectivity index (χ4n) is 2.74. The van der Waals surface area contributed by atoms with E-state index in [-0.39, 0.29) is 24.9 Å². The Morgan fingerprint density at radius 3 is 2.68 bits per heavy atom. The number of benzene rings is 1. The van der Waals surface area contributed by atoms with Crippen molar-refractivity contribution < 1.29 is 19.1 Å². The van der Waals surface area contributed by atoms with E-state index in [0.717, 1.165) is 28.6 Å². The second kappa shape index (κ2) is 10.3. The number of nitrogen functional groups attached to an aromatic ring is 1. The smallest absolute Gasteiger partial charge is 0.341 e. The summed E-state index contributed by atoms with van der Waals surface area (Å²) < 4.78 is 12.2. The number of nitrogens with zero attached hydrogens (tertiary/aromatic N) is 3. The van der Waals surface area contributed by atoms with Crippen molar-refractivity contribution in [3.05, 3.63) is 52.2 Å². The molecule has 0 fully saturated rings. The fraction of sp³-hybridized carbons (Fsp3) is 0.300. The SMILES string of the molecule is CCOC(=O)c1ccsc1NC(=O)CSc1nnc(COc2c(C)cccc2C)n1N. The Morgan fingerprint density at radius 1 is 1.23 bits per heavy atom. The molecule has 0 atom stereocenters. The van der Waals surface area contributed by atoms with E-state index in [9.17, 15) is 9.59 Å². The Hall–Kier alpha value is -3.05.